The topological polar surface area (TPSA) is 72.7 Å². The number of hydrogen-bond donors (Lipinski definition) is 4. The van der Waals surface area contributed by atoms with E-state index in [-0.39, 0.29) is 12.2 Å². The fraction of sp³-hybridized carbons (Fsp3) is 0.400. The number of aromatic hydroxyl groups is 1. The Balaban J connectivity index is 2.08. The predicted molar refractivity (Wildman–Crippen MR) is 93.9 cm³/mol. The second-order valence-corrected chi connectivity index (χ2v) is 7.02. The van der Waals surface area contributed by atoms with E-state index in [9.17, 15) is 19.7 Å². The van der Waals surface area contributed by atoms with E-state index < -0.39 is 17.0 Å². The van der Waals surface area contributed by atoms with Crippen molar-refractivity contribution < 1.29 is 19.7 Å². The van der Waals surface area contributed by atoms with E-state index in [1.165, 1.54) is 18.2 Å². The third-order valence-electron chi connectivity index (χ3n) is 5.10. The molecule has 134 valence electrons. The molecule has 5 heteroatoms. The standard InChI is InChI=1S/C20H24FNO3/c1-14-11-16(5-6-18(14)23)20(25,15-3-2-4-17(21)12-15)13-19(24)7-9-22-10-8-19/h2-6,11-12,22-25H,7-10,13H2,1H3. The number of halogens is 1. The van der Waals surface area contributed by atoms with Gasteiger partial charge in [0.25, 0.3) is 0 Å². The summed E-state index contributed by atoms with van der Waals surface area (Å²) < 4.78 is 13.8. The number of phenolic OH excluding ortho intramolecular Hbond substituents is 1. The van der Waals surface area contributed by atoms with Crippen molar-refractivity contribution in [1.29, 1.82) is 0 Å². The monoisotopic (exact) mass is 345 g/mol. The Labute approximate surface area is 147 Å². The van der Waals surface area contributed by atoms with Crippen LogP contribution in [0.2, 0.25) is 0 Å². The summed E-state index contributed by atoms with van der Waals surface area (Å²) in [6.45, 7) is 3.08. The van der Waals surface area contributed by atoms with Gasteiger partial charge in [0.1, 0.15) is 17.2 Å². The van der Waals surface area contributed by atoms with Crippen LogP contribution in [0.5, 0.6) is 5.75 Å². The smallest absolute Gasteiger partial charge is 0.123 e. The number of aryl methyl sites for hydroxylation is 1. The maximum atomic E-state index is 13.8. The highest BCUT2D eigenvalue weighted by Crippen LogP contribution is 2.41. The lowest BCUT2D eigenvalue weighted by molar-refractivity contribution is -0.0639. The van der Waals surface area contributed by atoms with Gasteiger partial charge in [0.2, 0.25) is 0 Å². The summed E-state index contributed by atoms with van der Waals surface area (Å²) >= 11 is 0. The average molecular weight is 345 g/mol. The maximum Gasteiger partial charge on any atom is 0.123 e. The zero-order valence-electron chi connectivity index (χ0n) is 14.3. The van der Waals surface area contributed by atoms with Crippen molar-refractivity contribution in [3.63, 3.8) is 0 Å². The Hall–Kier alpha value is -1.95. The van der Waals surface area contributed by atoms with Gasteiger partial charge in [-0.05, 0) is 73.8 Å². The van der Waals surface area contributed by atoms with Crippen LogP contribution in [0.4, 0.5) is 4.39 Å². The number of rotatable bonds is 4. The third-order valence-corrected chi connectivity index (χ3v) is 5.10. The van der Waals surface area contributed by atoms with Gasteiger partial charge >= 0.3 is 0 Å². The predicted octanol–water partition coefficient (Wildman–Crippen LogP) is 2.58. The molecule has 3 rings (SSSR count). The summed E-state index contributed by atoms with van der Waals surface area (Å²) in [6, 6.07) is 10.7. The first-order chi connectivity index (χ1) is 11.8. The van der Waals surface area contributed by atoms with Gasteiger partial charge in [0.05, 0.1) is 5.60 Å². The van der Waals surface area contributed by atoms with Gasteiger partial charge in [-0.25, -0.2) is 4.39 Å². The van der Waals surface area contributed by atoms with Crippen LogP contribution in [0, 0.1) is 12.7 Å². The molecule has 4 nitrogen and oxygen atoms in total. The summed E-state index contributed by atoms with van der Waals surface area (Å²) in [4.78, 5) is 0. The van der Waals surface area contributed by atoms with Crippen LogP contribution in [-0.4, -0.2) is 34.0 Å². The summed E-state index contributed by atoms with van der Waals surface area (Å²) in [6.07, 6.45) is 1.10. The van der Waals surface area contributed by atoms with Crippen LogP contribution in [-0.2, 0) is 5.60 Å². The molecular formula is C20H24FNO3. The number of phenols is 1. The van der Waals surface area contributed by atoms with Gasteiger partial charge in [-0.1, -0.05) is 18.2 Å². The first kappa shape index (κ1) is 17.9. The van der Waals surface area contributed by atoms with Gasteiger partial charge in [-0.2, -0.15) is 0 Å². The minimum absolute atomic E-state index is 0.0648. The third kappa shape index (κ3) is 3.68. The molecule has 1 atom stereocenters. The lowest BCUT2D eigenvalue weighted by Crippen LogP contribution is -2.47. The van der Waals surface area contributed by atoms with Crippen molar-refractivity contribution in [1.82, 2.24) is 5.32 Å². The summed E-state index contributed by atoms with van der Waals surface area (Å²) in [5.41, 5.74) is -1.06. The first-order valence-electron chi connectivity index (χ1n) is 8.54. The zero-order valence-corrected chi connectivity index (χ0v) is 14.3. The molecule has 1 fully saturated rings. The Morgan fingerprint density at radius 2 is 1.80 bits per heavy atom. The molecule has 0 radical (unpaired) electrons. The van der Waals surface area contributed by atoms with Gasteiger partial charge in [0.15, 0.2) is 0 Å². The van der Waals surface area contributed by atoms with Gasteiger partial charge in [0, 0.05) is 6.42 Å². The molecule has 0 bridgehead atoms. The fourth-order valence-corrected chi connectivity index (χ4v) is 3.57. The molecule has 1 unspecified atom stereocenters. The highest BCUT2D eigenvalue weighted by Gasteiger charge is 2.42. The van der Waals surface area contributed by atoms with E-state index in [0.717, 1.165) is 0 Å². The van der Waals surface area contributed by atoms with Crippen LogP contribution in [0.25, 0.3) is 0 Å². The number of benzene rings is 2. The van der Waals surface area contributed by atoms with E-state index in [4.69, 9.17) is 0 Å². The van der Waals surface area contributed by atoms with Crippen LogP contribution < -0.4 is 5.32 Å². The van der Waals surface area contributed by atoms with Crippen molar-refractivity contribution in [2.45, 2.75) is 37.4 Å². The van der Waals surface area contributed by atoms with Gasteiger partial charge < -0.3 is 20.6 Å². The van der Waals surface area contributed by atoms with Crippen molar-refractivity contribution >= 4 is 0 Å². The second kappa shape index (κ2) is 6.75. The molecule has 2 aromatic rings. The largest absolute Gasteiger partial charge is 0.508 e. The molecule has 0 amide bonds. The number of hydrogen-bond acceptors (Lipinski definition) is 4. The highest BCUT2D eigenvalue weighted by molar-refractivity contribution is 5.43. The second-order valence-electron chi connectivity index (χ2n) is 7.02. The fourth-order valence-electron chi connectivity index (χ4n) is 3.57. The van der Waals surface area contributed by atoms with Crippen molar-refractivity contribution in [3.8, 4) is 5.75 Å². The number of piperidine rings is 1. The van der Waals surface area contributed by atoms with Crippen molar-refractivity contribution in [2.24, 2.45) is 0 Å². The van der Waals surface area contributed by atoms with Crippen LogP contribution in [0.3, 0.4) is 0 Å². The SMILES string of the molecule is Cc1cc(C(O)(CC2(O)CCNCC2)c2cccc(F)c2)ccc1O. The molecular weight excluding hydrogens is 321 g/mol. The van der Waals surface area contributed by atoms with E-state index >= 15 is 0 Å². The molecule has 1 aliphatic heterocycles. The molecule has 1 saturated heterocycles. The van der Waals surface area contributed by atoms with Gasteiger partial charge in [-0.3, -0.25) is 0 Å². The maximum absolute atomic E-state index is 13.8. The molecule has 0 spiro atoms. The van der Waals surface area contributed by atoms with Gasteiger partial charge in [-0.15, -0.1) is 0 Å². The quantitative estimate of drug-likeness (QED) is 0.687. The lowest BCUT2D eigenvalue weighted by Gasteiger charge is -2.40. The molecule has 2 aromatic carbocycles. The minimum Gasteiger partial charge on any atom is -0.508 e. The van der Waals surface area contributed by atoms with Crippen LogP contribution >= 0.6 is 0 Å². The Morgan fingerprint density at radius 1 is 1.12 bits per heavy atom. The van der Waals surface area contributed by atoms with Crippen LogP contribution in [0.1, 0.15) is 36.0 Å². The average Bonchev–Trinajstić information content (AvgIpc) is 2.57. The lowest BCUT2D eigenvalue weighted by atomic mass is 9.74. The molecule has 0 aliphatic carbocycles. The Morgan fingerprint density at radius 3 is 2.44 bits per heavy atom. The molecule has 25 heavy (non-hydrogen) atoms. The molecule has 1 heterocycles. The highest BCUT2D eigenvalue weighted by atomic mass is 19.1. The van der Waals surface area contributed by atoms with E-state index in [0.29, 0.717) is 42.6 Å². The normalized spacial score (nSPS) is 19.4. The first-order valence-corrected chi connectivity index (χ1v) is 8.54. The summed E-state index contributed by atoms with van der Waals surface area (Å²) in [7, 11) is 0. The van der Waals surface area contributed by atoms with E-state index in [1.54, 1.807) is 31.2 Å². The molecule has 1 aliphatic rings. The van der Waals surface area contributed by atoms with E-state index in [2.05, 4.69) is 5.32 Å². The Kier molecular flexibility index (Phi) is 4.82. The van der Waals surface area contributed by atoms with Crippen molar-refractivity contribution in [3.05, 3.63) is 65.0 Å². The molecule has 0 aromatic heterocycles. The minimum atomic E-state index is -1.55. The number of nitrogens with one attached hydrogen (secondary N) is 1. The Bertz CT molecular complexity index is 758. The summed E-state index contributed by atoms with van der Waals surface area (Å²) in [5, 5.41) is 35.6. The van der Waals surface area contributed by atoms with Crippen LogP contribution in [0.15, 0.2) is 42.5 Å². The van der Waals surface area contributed by atoms with E-state index in [1.807, 2.05) is 0 Å². The molecule has 0 saturated carbocycles. The number of aliphatic hydroxyl groups is 2. The molecule has 4 N–H and O–H groups in total. The zero-order chi connectivity index (χ0) is 18.1. The van der Waals surface area contributed by atoms with Crippen molar-refractivity contribution in [2.75, 3.05) is 13.1 Å². The summed E-state index contributed by atoms with van der Waals surface area (Å²) in [5.74, 6) is -0.311.